The fourth-order valence-electron chi connectivity index (χ4n) is 3.08. The number of nitriles is 1. The molecule has 3 rings (SSSR count). The van der Waals surface area contributed by atoms with Crippen LogP contribution in [0.15, 0.2) is 0 Å². The number of fused-ring (bicyclic) bond motifs is 3. The molecule has 0 atom stereocenters. The zero-order valence-corrected chi connectivity index (χ0v) is 12.5. The Morgan fingerprint density at radius 3 is 3.00 bits per heavy atom. The smallest absolute Gasteiger partial charge is 0.154 e. The monoisotopic (exact) mass is 286 g/mol. The maximum Gasteiger partial charge on any atom is 0.154 e. The summed E-state index contributed by atoms with van der Waals surface area (Å²) in [5.41, 5.74) is 3.76. The van der Waals surface area contributed by atoms with Gasteiger partial charge in [-0.25, -0.2) is 4.98 Å². The van der Waals surface area contributed by atoms with E-state index in [1.807, 2.05) is 0 Å². The first kappa shape index (κ1) is 13.3. The minimum Gasteiger partial charge on any atom is -0.341 e. The van der Waals surface area contributed by atoms with Gasteiger partial charge in [0.2, 0.25) is 0 Å². The number of aryl methyl sites for hydroxylation is 2. The van der Waals surface area contributed by atoms with E-state index in [0.29, 0.717) is 4.64 Å². The Morgan fingerprint density at radius 2 is 2.25 bits per heavy atom. The van der Waals surface area contributed by atoms with E-state index in [1.54, 1.807) is 0 Å². The molecular formula is C15H18N4S. The predicted molar refractivity (Wildman–Crippen MR) is 81.2 cm³/mol. The van der Waals surface area contributed by atoms with E-state index >= 15 is 0 Å². The summed E-state index contributed by atoms with van der Waals surface area (Å²) in [5, 5.41) is 9.55. The quantitative estimate of drug-likeness (QED) is 0.857. The van der Waals surface area contributed by atoms with Crippen molar-refractivity contribution in [3.8, 4) is 6.07 Å². The Balaban J connectivity index is 2.34. The average Bonchev–Trinajstić information content (AvgIpc) is 2.58. The van der Waals surface area contributed by atoms with Gasteiger partial charge in [0.05, 0.1) is 11.1 Å². The molecule has 20 heavy (non-hydrogen) atoms. The Labute approximate surface area is 123 Å². The fourth-order valence-corrected chi connectivity index (χ4v) is 3.40. The van der Waals surface area contributed by atoms with Crippen molar-refractivity contribution >= 4 is 23.3 Å². The summed E-state index contributed by atoms with van der Waals surface area (Å²) in [7, 11) is 0. The summed E-state index contributed by atoms with van der Waals surface area (Å²) in [4.78, 5) is 7.85. The Bertz CT molecular complexity index is 748. The van der Waals surface area contributed by atoms with Crippen molar-refractivity contribution in [2.45, 2.75) is 52.0 Å². The van der Waals surface area contributed by atoms with Gasteiger partial charge in [-0.15, -0.1) is 0 Å². The van der Waals surface area contributed by atoms with Gasteiger partial charge in [0.25, 0.3) is 0 Å². The summed E-state index contributed by atoms with van der Waals surface area (Å²) >= 11 is 5.48. The third kappa shape index (κ3) is 2.04. The highest BCUT2D eigenvalue weighted by atomic mass is 32.1. The van der Waals surface area contributed by atoms with Gasteiger partial charge in [0.1, 0.15) is 17.4 Å². The third-order valence-electron chi connectivity index (χ3n) is 3.97. The molecule has 2 aromatic heterocycles. The first-order valence-electron chi connectivity index (χ1n) is 7.30. The van der Waals surface area contributed by atoms with Crippen LogP contribution in [0.4, 0.5) is 0 Å². The predicted octanol–water partition coefficient (Wildman–Crippen LogP) is 3.64. The van der Waals surface area contributed by atoms with Crippen LogP contribution in [0.25, 0.3) is 11.0 Å². The number of aromatic amines is 1. The summed E-state index contributed by atoms with van der Waals surface area (Å²) < 4.78 is 2.86. The summed E-state index contributed by atoms with van der Waals surface area (Å²) in [5.74, 6) is 0.891. The maximum absolute atomic E-state index is 9.55. The lowest BCUT2D eigenvalue weighted by Gasteiger charge is -2.06. The second-order valence-electron chi connectivity index (χ2n) is 5.36. The van der Waals surface area contributed by atoms with E-state index < -0.39 is 0 Å². The highest BCUT2D eigenvalue weighted by molar-refractivity contribution is 7.71. The molecule has 1 aliphatic heterocycles. The van der Waals surface area contributed by atoms with Gasteiger partial charge in [-0.1, -0.05) is 25.6 Å². The van der Waals surface area contributed by atoms with Crippen LogP contribution < -0.4 is 0 Å². The van der Waals surface area contributed by atoms with E-state index in [0.717, 1.165) is 66.8 Å². The van der Waals surface area contributed by atoms with E-state index in [-0.39, 0.29) is 0 Å². The summed E-state index contributed by atoms with van der Waals surface area (Å²) in [6.45, 7) is 3.06. The van der Waals surface area contributed by atoms with Crippen molar-refractivity contribution in [2.24, 2.45) is 0 Å². The zero-order valence-electron chi connectivity index (χ0n) is 11.7. The molecule has 0 unspecified atom stereocenters. The molecule has 3 heterocycles. The lowest BCUT2D eigenvalue weighted by molar-refractivity contribution is 0.647. The number of nitrogens with zero attached hydrogens (tertiary/aromatic N) is 3. The lowest BCUT2D eigenvalue weighted by Crippen LogP contribution is -2.02. The molecular weight excluding hydrogens is 268 g/mol. The summed E-state index contributed by atoms with van der Waals surface area (Å²) in [6.07, 6.45) is 6.35. The molecule has 2 aromatic rings. The fraction of sp³-hybridized carbons (Fsp3) is 0.533. The van der Waals surface area contributed by atoms with Crippen LogP contribution in [-0.4, -0.2) is 14.5 Å². The molecule has 0 amide bonds. The molecule has 5 heteroatoms. The van der Waals surface area contributed by atoms with Gasteiger partial charge in [-0.3, -0.25) is 0 Å². The van der Waals surface area contributed by atoms with Crippen molar-refractivity contribution < 1.29 is 0 Å². The minimum absolute atomic E-state index is 0.631. The largest absolute Gasteiger partial charge is 0.341 e. The van der Waals surface area contributed by atoms with Gasteiger partial charge in [0, 0.05) is 18.7 Å². The van der Waals surface area contributed by atoms with Crippen LogP contribution in [0.5, 0.6) is 0 Å². The van der Waals surface area contributed by atoms with Gasteiger partial charge >= 0.3 is 0 Å². The standard InChI is InChI=1S/C15H18N4S/c1-2-6-12-17-13-10(9-16)11-7-4-3-5-8-19(11)14(13)15(20)18-12/h2-8H2,1H3,(H,17,18,20). The van der Waals surface area contributed by atoms with Gasteiger partial charge in [0.15, 0.2) is 4.64 Å². The van der Waals surface area contributed by atoms with Crippen molar-refractivity contribution in [2.75, 3.05) is 0 Å². The van der Waals surface area contributed by atoms with Crippen molar-refractivity contribution in [1.29, 1.82) is 5.26 Å². The number of hydrogen-bond acceptors (Lipinski definition) is 3. The van der Waals surface area contributed by atoms with Gasteiger partial charge in [-0.2, -0.15) is 5.26 Å². The molecule has 0 aromatic carbocycles. The number of rotatable bonds is 2. The van der Waals surface area contributed by atoms with Crippen molar-refractivity contribution in [1.82, 2.24) is 14.5 Å². The first-order chi connectivity index (χ1) is 9.76. The van der Waals surface area contributed by atoms with Crippen LogP contribution in [-0.2, 0) is 19.4 Å². The maximum atomic E-state index is 9.55. The second kappa shape index (κ2) is 5.37. The molecule has 0 bridgehead atoms. The number of nitrogens with one attached hydrogen (secondary N) is 1. The van der Waals surface area contributed by atoms with E-state index in [4.69, 9.17) is 12.2 Å². The first-order valence-corrected chi connectivity index (χ1v) is 7.71. The normalized spacial score (nSPS) is 14.8. The number of aromatic nitrogens is 3. The highest BCUT2D eigenvalue weighted by Gasteiger charge is 2.21. The molecule has 0 aliphatic carbocycles. The third-order valence-corrected chi connectivity index (χ3v) is 4.26. The van der Waals surface area contributed by atoms with Crippen LogP contribution in [0, 0.1) is 16.0 Å². The number of hydrogen-bond donors (Lipinski definition) is 1. The Morgan fingerprint density at radius 1 is 1.40 bits per heavy atom. The van der Waals surface area contributed by atoms with E-state index in [2.05, 4.69) is 27.5 Å². The lowest BCUT2D eigenvalue weighted by atomic mass is 10.1. The van der Waals surface area contributed by atoms with Crippen LogP contribution in [0.2, 0.25) is 0 Å². The van der Waals surface area contributed by atoms with Crippen LogP contribution in [0.3, 0.4) is 0 Å². The Hall–Kier alpha value is -1.67. The molecule has 1 N–H and O–H groups in total. The SMILES string of the molecule is CCCc1nc(=S)c2c([nH]1)c(C#N)c1n2CCCCC1. The molecule has 0 fully saturated rings. The van der Waals surface area contributed by atoms with Gasteiger partial charge < -0.3 is 9.55 Å². The second-order valence-corrected chi connectivity index (χ2v) is 5.74. The molecule has 1 aliphatic rings. The minimum atomic E-state index is 0.631. The highest BCUT2D eigenvalue weighted by Crippen LogP contribution is 2.29. The molecule has 0 radical (unpaired) electrons. The summed E-state index contributed by atoms with van der Waals surface area (Å²) in [6, 6.07) is 2.38. The zero-order chi connectivity index (χ0) is 14.1. The molecule has 0 saturated carbocycles. The van der Waals surface area contributed by atoms with E-state index in [9.17, 15) is 5.26 Å². The van der Waals surface area contributed by atoms with E-state index in [1.165, 1.54) is 6.42 Å². The average molecular weight is 286 g/mol. The Kier molecular flexibility index (Phi) is 3.58. The molecule has 0 saturated heterocycles. The molecule has 104 valence electrons. The van der Waals surface area contributed by atoms with Crippen molar-refractivity contribution in [3.63, 3.8) is 0 Å². The van der Waals surface area contributed by atoms with Crippen LogP contribution >= 0.6 is 12.2 Å². The molecule has 0 spiro atoms. The number of H-pyrrole nitrogens is 1. The van der Waals surface area contributed by atoms with Gasteiger partial charge in [-0.05, 0) is 25.7 Å². The van der Waals surface area contributed by atoms with Crippen LogP contribution in [0.1, 0.15) is 49.7 Å². The topological polar surface area (TPSA) is 57.4 Å². The molecule has 4 nitrogen and oxygen atoms in total. The van der Waals surface area contributed by atoms with Crippen molar-refractivity contribution in [3.05, 3.63) is 21.7 Å².